The second kappa shape index (κ2) is 10.3. The molecule has 0 aliphatic carbocycles. The summed E-state index contributed by atoms with van der Waals surface area (Å²) in [5, 5.41) is 2.75. The van der Waals surface area contributed by atoms with Gasteiger partial charge in [-0.2, -0.15) is 0 Å². The van der Waals surface area contributed by atoms with E-state index in [-0.39, 0.29) is 30.7 Å². The normalized spacial score (nSPS) is 11.5. The number of para-hydroxylation sites is 1. The van der Waals surface area contributed by atoms with Gasteiger partial charge in [0.05, 0.1) is 6.54 Å². The van der Waals surface area contributed by atoms with Crippen molar-refractivity contribution in [2.24, 2.45) is 0 Å². The van der Waals surface area contributed by atoms with Crippen LogP contribution in [0.4, 0.5) is 4.39 Å². The van der Waals surface area contributed by atoms with Crippen molar-refractivity contribution < 1.29 is 18.7 Å². The Labute approximate surface area is 159 Å². The van der Waals surface area contributed by atoms with Gasteiger partial charge in [0.25, 0.3) is 5.91 Å². The molecule has 2 rings (SSSR count). The molecule has 2 amide bonds. The minimum Gasteiger partial charge on any atom is -0.481 e. The molecule has 6 heteroatoms. The first kappa shape index (κ1) is 20.4. The van der Waals surface area contributed by atoms with E-state index in [2.05, 4.69) is 5.32 Å². The Hall–Kier alpha value is -2.89. The highest BCUT2D eigenvalue weighted by Crippen LogP contribution is 2.14. The number of nitrogens with one attached hydrogen (secondary N) is 1. The topological polar surface area (TPSA) is 58.6 Å². The first-order valence-corrected chi connectivity index (χ1v) is 9.05. The maximum Gasteiger partial charge on any atom is 0.264 e. The average molecular weight is 372 g/mol. The van der Waals surface area contributed by atoms with Crippen LogP contribution in [-0.4, -0.2) is 35.9 Å². The van der Waals surface area contributed by atoms with Crippen molar-refractivity contribution in [1.29, 1.82) is 0 Å². The molecule has 27 heavy (non-hydrogen) atoms. The molecule has 1 unspecified atom stereocenters. The van der Waals surface area contributed by atoms with Crippen molar-refractivity contribution in [2.75, 3.05) is 13.1 Å². The van der Waals surface area contributed by atoms with Crippen LogP contribution in [0.25, 0.3) is 0 Å². The maximum atomic E-state index is 12.9. The van der Waals surface area contributed by atoms with Crippen LogP contribution in [0.5, 0.6) is 5.75 Å². The smallest absolute Gasteiger partial charge is 0.264 e. The summed E-state index contributed by atoms with van der Waals surface area (Å²) in [5.41, 5.74) is 0.790. The molecule has 0 aliphatic rings. The number of carbonyl (C=O) groups excluding carboxylic acids is 2. The highest BCUT2D eigenvalue weighted by Gasteiger charge is 2.25. The van der Waals surface area contributed by atoms with E-state index >= 15 is 0 Å². The zero-order valence-electron chi connectivity index (χ0n) is 15.7. The van der Waals surface area contributed by atoms with Crippen molar-refractivity contribution >= 4 is 11.8 Å². The van der Waals surface area contributed by atoms with Gasteiger partial charge in [-0.1, -0.05) is 37.3 Å². The van der Waals surface area contributed by atoms with Gasteiger partial charge in [-0.05, 0) is 43.2 Å². The molecule has 0 bridgehead atoms. The molecule has 0 fully saturated rings. The van der Waals surface area contributed by atoms with Gasteiger partial charge in [0.1, 0.15) is 11.6 Å². The summed E-state index contributed by atoms with van der Waals surface area (Å²) in [5.74, 6) is -0.198. The number of amides is 2. The van der Waals surface area contributed by atoms with Crippen molar-refractivity contribution in [2.45, 2.75) is 32.9 Å². The fourth-order valence-corrected chi connectivity index (χ4v) is 2.55. The van der Waals surface area contributed by atoms with Gasteiger partial charge in [-0.25, -0.2) is 4.39 Å². The zero-order chi connectivity index (χ0) is 19.6. The molecule has 5 nitrogen and oxygen atoms in total. The van der Waals surface area contributed by atoms with Crippen LogP contribution in [0.1, 0.15) is 25.8 Å². The number of hydrogen-bond donors (Lipinski definition) is 1. The Balaban J connectivity index is 1.90. The molecule has 0 saturated carbocycles. The summed E-state index contributed by atoms with van der Waals surface area (Å²) in [6.45, 7) is 4.32. The molecule has 1 N–H and O–H groups in total. The quantitative estimate of drug-likeness (QED) is 0.736. The van der Waals surface area contributed by atoms with Gasteiger partial charge in [0, 0.05) is 13.1 Å². The standard InChI is InChI=1S/C21H25FN2O3/c1-3-19(27-18-8-6-5-7-9-18)21(26)24(4-2)15-20(25)23-14-16-10-12-17(22)13-11-16/h5-13,19H,3-4,14-15H2,1-2H3,(H,23,25). The lowest BCUT2D eigenvalue weighted by molar-refractivity contribution is -0.142. The number of ether oxygens (including phenoxy) is 1. The first-order valence-electron chi connectivity index (χ1n) is 9.05. The third-order valence-corrected chi connectivity index (χ3v) is 4.10. The molecule has 2 aromatic rings. The Morgan fingerprint density at radius 3 is 2.33 bits per heavy atom. The van der Waals surface area contributed by atoms with Gasteiger partial charge < -0.3 is 15.0 Å². The number of carbonyl (C=O) groups is 2. The number of benzene rings is 2. The Kier molecular flexibility index (Phi) is 7.79. The summed E-state index contributed by atoms with van der Waals surface area (Å²) >= 11 is 0. The predicted octanol–water partition coefficient (Wildman–Crippen LogP) is 3.15. The van der Waals surface area contributed by atoms with E-state index in [1.807, 2.05) is 32.0 Å². The summed E-state index contributed by atoms with van der Waals surface area (Å²) in [4.78, 5) is 26.4. The van der Waals surface area contributed by atoms with E-state index in [4.69, 9.17) is 4.74 Å². The fourth-order valence-electron chi connectivity index (χ4n) is 2.55. The molecular formula is C21H25FN2O3. The SMILES string of the molecule is CCC(Oc1ccccc1)C(=O)N(CC)CC(=O)NCc1ccc(F)cc1. The van der Waals surface area contributed by atoms with Gasteiger partial charge in [0.15, 0.2) is 6.10 Å². The van der Waals surface area contributed by atoms with Crippen molar-refractivity contribution in [3.8, 4) is 5.75 Å². The third-order valence-electron chi connectivity index (χ3n) is 4.10. The van der Waals surface area contributed by atoms with E-state index in [0.29, 0.717) is 18.7 Å². The minimum atomic E-state index is -0.641. The third kappa shape index (κ3) is 6.40. The van der Waals surface area contributed by atoms with E-state index in [1.54, 1.807) is 24.3 Å². The molecule has 144 valence electrons. The van der Waals surface area contributed by atoms with Crippen LogP contribution in [0, 0.1) is 5.82 Å². The van der Waals surface area contributed by atoms with E-state index < -0.39 is 6.10 Å². The molecule has 0 saturated heterocycles. The van der Waals surface area contributed by atoms with E-state index in [1.165, 1.54) is 17.0 Å². The summed E-state index contributed by atoms with van der Waals surface area (Å²) in [7, 11) is 0. The van der Waals surface area contributed by atoms with Crippen molar-refractivity contribution in [1.82, 2.24) is 10.2 Å². The summed E-state index contributed by atoms with van der Waals surface area (Å²) < 4.78 is 18.7. The number of rotatable bonds is 9. The highest BCUT2D eigenvalue weighted by molar-refractivity contribution is 5.87. The number of nitrogens with zero attached hydrogens (tertiary/aromatic N) is 1. The molecule has 0 aromatic heterocycles. The zero-order valence-corrected chi connectivity index (χ0v) is 15.7. The van der Waals surface area contributed by atoms with Gasteiger partial charge >= 0.3 is 0 Å². The Bertz CT molecular complexity index is 735. The van der Waals surface area contributed by atoms with Crippen LogP contribution < -0.4 is 10.1 Å². The molecule has 0 radical (unpaired) electrons. The molecule has 0 spiro atoms. The predicted molar refractivity (Wildman–Crippen MR) is 102 cm³/mol. The monoisotopic (exact) mass is 372 g/mol. The van der Waals surface area contributed by atoms with Gasteiger partial charge in [-0.15, -0.1) is 0 Å². The lowest BCUT2D eigenvalue weighted by Gasteiger charge is -2.25. The molecule has 0 aliphatic heterocycles. The molecule has 0 heterocycles. The average Bonchev–Trinajstić information content (AvgIpc) is 2.70. The van der Waals surface area contributed by atoms with Gasteiger partial charge in [0.2, 0.25) is 5.91 Å². The van der Waals surface area contributed by atoms with E-state index in [9.17, 15) is 14.0 Å². The largest absolute Gasteiger partial charge is 0.481 e. The summed E-state index contributed by atoms with van der Waals surface area (Å²) in [6, 6.07) is 15.0. The Morgan fingerprint density at radius 1 is 1.07 bits per heavy atom. The molecule has 1 atom stereocenters. The van der Waals surface area contributed by atoms with Gasteiger partial charge in [-0.3, -0.25) is 9.59 Å². The molecular weight excluding hydrogens is 347 g/mol. The highest BCUT2D eigenvalue weighted by atomic mass is 19.1. The van der Waals surface area contributed by atoms with Crippen LogP contribution in [0.2, 0.25) is 0 Å². The van der Waals surface area contributed by atoms with Crippen molar-refractivity contribution in [3.63, 3.8) is 0 Å². The van der Waals surface area contributed by atoms with Crippen LogP contribution in [0.15, 0.2) is 54.6 Å². The van der Waals surface area contributed by atoms with E-state index in [0.717, 1.165) is 5.56 Å². The fraction of sp³-hybridized carbons (Fsp3) is 0.333. The summed E-state index contributed by atoms with van der Waals surface area (Å²) in [6.07, 6.45) is -0.140. The minimum absolute atomic E-state index is 0.0504. The lowest BCUT2D eigenvalue weighted by Crippen LogP contribution is -2.46. The molecule has 2 aromatic carbocycles. The second-order valence-corrected chi connectivity index (χ2v) is 6.08. The van der Waals surface area contributed by atoms with Crippen LogP contribution >= 0.6 is 0 Å². The maximum absolute atomic E-state index is 12.9. The van der Waals surface area contributed by atoms with Crippen LogP contribution in [0.3, 0.4) is 0 Å². The number of hydrogen-bond acceptors (Lipinski definition) is 3. The second-order valence-electron chi connectivity index (χ2n) is 6.08. The number of halogens is 1. The van der Waals surface area contributed by atoms with Crippen molar-refractivity contribution in [3.05, 3.63) is 66.0 Å². The number of likely N-dealkylation sites (N-methyl/N-ethyl adjacent to an activating group) is 1. The van der Waals surface area contributed by atoms with Crippen LogP contribution in [-0.2, 0) is 16.1 Å². The first-order chi connectivity index (χ1) is 13.0. The Morgan fingerprint density at radius 2 is 1.74 bits per heavy atom. The lowest BCUT2D eigenvalue weighted by atomic mass is 10.2.